The highest BCUT2D eigenvalue weighted by Gasteiger charge is 2.45. The van der Waals surface area contributed by atoms with Crippen molar-refractivity contribution in [3.05, 3.63) is 0 Å². The van der Waals surface area contributed by atoms with Gasteiger partial charge in [-0.2, -0.15) is 0 Å². The Bertz CT molecular complexity index is 339. The second-order valence-electron chi connectivity index (χ2n) is 7.46. The number of carboxylic acids is 1. The fraction of sp³-hybridized carbons (Fsp3) is 0.938. The first-order valence-corrected chi connectivity index (χ1v) is 7.72. The lowest BCUT2D eigenvalue weighted by molar-refractivity contribution is -0.141. The molecule has 1 fully saturated rings. The fourth-order valence-electron chi connectivity index (χ4n) is 3.10. The van der Waals surface area contributed by atoms with E-state index in [-0.39, 0.29) is 17.1 Å². The summed E-state index contributed by atoms with van der Waals surface area (Å²) in [4.78, 5) is 10.8. The Balaban J connectivity index is 2.36. The van der Waals surface area contributed by atoms with Crippen molar-refractivity contribution in [2.45, 2.75) is 90.5 Å². The van der Waals surface area contributed by atoms with Crippen LogP contribution in [0.25, 0.3) is 0 Å². The Morgan fingerprint density at radius 1 is 1.30 bits per heavy atom. The smallest absolute Gasteiger partial charge is 0.306 e. The van der Waals surface area contributed by atoms with E-state index in [2.05, 4.69) is 39.9 Å². The zero-order valence-electron chi connectivity index (χ0n) is 13.8. The van der Waals surface area contributed by atoms with E-state index in [1.165, 1.54) is 0 Å². The Morgan fingerprint density at radius 3 is 2.35 bits per heavy atom. The molecule has 3 atom stereocenters. The summed E-state index contributed by atoms with van der Waals surface area (Å²) in [5.41, 5.74) is -0.217. The third kappa shape index (κ3) is 5.06. The molecule has 0 saturated carbocycles. The quantitative estimate of drug-likeness (QED) is 0.754. The number of nitrogens with one attached hydrogen (secondary N) is 1. The van der Waals surface area contributed by atoms with Gasteiger partial charge < -0.3 is 15.2 Å². The molecule has 20 heavy (non-hydrogen) atoms. The van der Waals surface area contributed by atoms with Crippen LogP contribution in [0, 0.1) is 5.92 Å². The average molecular weight is 285 g/mol. The van der Waals surface area contributed by atoms with Gasteiger partial charge in [0.15, 0.2) is 0 Å². The highest BCUT2D eigenvalue weighted by Crippen LogP contribution is 2.37. The van der Waals surface area contributed by atoms with E-state index in [0.717, 1.165) is 25.7 Å². The maximum atomic E-state index is 10.8. The van der Waals surface area contributed by atoms with Crippen LogP contribution in [0.2, 0.25) is 0 Å². The van der Waals surface area contributed by atoms with Gasteiger partial charge in [0.2, 0.25) is 0 Å². The first-order chi connectivity index (χ1) is 9.03. The number of carboxylic acid groups (broad SMARTS) is 1. The van der Waals surface area contributed by atoms with E-state index < -0.39 is 5.97 Å². The molecule has 0 radical (unpaired) electrons. The molecule has 0 aromatic carbocycles. The number of rotatable bonds is 7. The zero-order valence-corrected chi connectivity index (χ0v) is 13.8. The van der Waals surface area contributed by atoms with Crippen LogP contribution in [0.15, 0.2) is 0 Å². The van der Waals surface area contributed by atoms with Gasteiger partial charge in [-0.15, -0.1) is 0 Å². The zero-order chi connectivity index (χ0) is 15.6. The lowest BCUT2D eigenvalue weighted by Gasteiger charge is -2.30. The summed E-state index contributed by atoms with van der Waals surface area (Å²) in [6, 6.07) is 0.738. The Hall–Kier alpha value is -0.610. The highest BCUT2D eigenvalue weighted by atomic mass is 16.5. The van der Waals surface area contributed by atoms with E-state index in [1.54, 1.807) is 6.92 Å². The molecule has 118 valence electrons. The summed E-state index contributed by atoms with van der Waals surface area (Å²) in [6.45, 7) is 12.5. The molecule has 1 aliphatic heterocycles. The number of hydrogen-bond acceptors (Lipinski definition) is 3. The van der Waals surface area contributed by atoms with Gasteiger partial charge in [-0.1, -0.05) is 13.3 Å². The lowest BCUT2D eigenvalue weighted by atomic mass is 9.93. The molecule has 2 N–H and O–H groups in total. The SMILES string of the molecule is CC(CCCC(C)C(=O)O)NC1CC(C)(C)OC1(C)C. The van der Waals surface area contributed by atoms with E-state index in [4.69, 9.17) is 9.84 Å². The fourth-order valence-corrected chi connectivity index (χ4v) is 3.10. The predicted molar refractivity (Wildman–Crippen MR) is 80.9 cm³/mol. The van der Waals surface area contributed by atoms with Crippen LogP contribution in [0.4, 0.5) is 0 Å². The molecular weight excluding hydrogens is 254 g/mol. The summed E-state index contributed by atoms with van der Waals surface area (Å²) in [5, 5.41) is 12.5. The minimum Gasteiger partial charge on any atom is -0.481 e. The van der Waals surface area contributed by atoms with Gasteiger partial charge in [0.1, 0.15) is 0 Å². The van der Waals surface area contributed by atoms with Crippen molar-refractivity contribution < 1.29 is 14.6 Å². The molecular formula is C16H31NO3. The van der Waals surface area contributed by atoms with Crippen molar-refractivity contribution in [3.8, 4) is 0 Å². The first kappa shape index (κ1) is 17.4. The molecule has 1 saturated heterocycles. The standard InChI is InChI=1S/C16H31NO3/c1-11(14(18)19)8-7-9-12(2)17-13-10-15(3,4)20-16(13,5)6/h11-13,17H,7-10H2,1-6H3,(H,18,19). The number of aliphatic carboxylic acids is 1. The first-order valence-electron chi connectivity index (χ1n) is 7.72. The van der Waals surface area contributed by atoms with Crippen LogP contribution < -0.4 is 5.32 Å². The van der Waals surface area contributed by atoms with Gasteiger partial charge in [0, 0.05) is 12.1 Å². The number of ether oxygens (including phenoxy) is 1. The minimum absolute atomic E-state index is 0.0707. The summed E-state index contributed by atoms with van der Waals surface area (Å²) >= 11 is 0. The molecule has 1 heterocycles. The Morgan fingerprint density at radius 2 is 1.90 bits per heavy atom. The molecule has 0 aromatic heterocycles. The average Bonchev–Trinajstić information content (AvgIpc) is 2.45. The molecule has 1 rings (SSSR count). The molecule has 4 heteroatoms. The van der Waals surface area contributed by atoms with Gasteiger partial charge in [0.25, 0.3) is 0 Å². The normalized spacial score (nSPS) is 27.2. The van der Waals surface area contributed by atoms with Crippen molar-refractivity contribution in [2.24, 2.45) is 5.92 Å². The van der Waals surface area contributed by atoms with E-state index in [1.807, 2.05) is 0 Å². The molecule has 0 amide bonds. The van der Waals surface area contributed by atoms with Crippen molar-refractivity contribution in [2.75, 3.05) is 0 Å². The molecule has 1 aliphatic rings. The number of hydrogen-bond donors (Lipinski definition) is 2. The van der Waals surface area contributed by atoms with E-state index in [0.29, 0.717) is 12.1 Å². The van der Waals surface area contributed by atoms with Crippen molar-refractivity contribution in [1.29, 1.82) is 0 Å². The third-order valence-electron chi connectivity index (χ3n) is 4.26. The summed E-state index contributed by atoms with van der Waals surface area (Å²) in [6.07, 6.45) is 3.71. The van der Waals surface area contributed by atoms with Crippen LogP contribution in [-0.2, 0) is 9.53 Å². The maximum absolute atomic E-state index is 10.8. The minimum atomic E-state index is -0.697. The summed E-state index contributed by atoms with van der Waals surface area (Å²) in [5.74, 6) is -0.940. The lowest BCUT2D eigenvalue weighted by Crippen LogP contribution is -2.47. The van der Waals surface area contributed by atoms with Crippen LogP contribution in [0.5, 0.6) is 0 Å². The number of carbonyl (C=O) groups is 1. The molecule has 0 aliphatic carbocycles. The molecule has 4 nitrogen and oxygen atoms in total. The molecule has 3 unspecified atom stereocenters. The predicted octanol–water partition coefficient (Wildman–Crippen LogP) is 3.20. The summed E-state index contributed by atoms with van der Waals surface area (Å²) in [7, 11) is 0. The van der Waals surface area contributed by atoms with Crippen molar-refractivity contribution >= 4 is 5.97 Å². The van der Waals surface area contributed by atoms with Crippen molar-refractivity contribution in [3.63, 3.8) is 0 Å². The van der Waals surface area contributed by atoms with Gasteiger partial charge in [-0.3, -0.25) is 4.79 Å². The third-order valence-corrected chi connectivity index (χ3v) is 4.26. The van der Waals surface area contributed by atoms with Crippen LogP contribution in [0.1, 0.15) is 67.2 Å². The Kier molecular flexibility index (Phi) is 5.61. The van der Waals surface area contributed by atoms with E-state index >= 15 is 0 Å². The maximum Gasteiger partial charge on any atom is 0.306 e. The Labute approximate surface area is 123 Å². The van der Waals surface area contributed by atoms with Crippen LogP contribution >= 0.6 is 0 Å². The molecule has 0 aromatic rings. The van der Waals surface area contributed by atoms with Crippen LogP contribution in [-0.4, -0.2) is 34.4 Å². The van der Waals surface area contributed by atoms with Gasteiger partial charge in [0.05, 0.1) is 17.1 Å². The summed E-state index contributed by atoms with van der Waals surface area (Å²) < 4.78 is 6.08. The van der Waals surface area contributed by atoms with Crippen molar-refractivity contribution in [1.82, 2.24) is 5.32 Å². The second-order valence-corrected chi connectivity index (χ2v) is 7.46. The highest BCUT2D eigenvalue weighted by molar-refractivity contribution is 5.69. The monoisotopic (exact) mass is 285 g/mol. The second kappa shape index (κ2) is 6.44. The van der Waals surface area contributed by atoms with Crippen LogP contribution in [0.3, 0.4) is 0 Å². The largest absolute Gasteiger partial charge is 0.481 e. The van der Waals surface area contributed by atoms with Gasteiger partial charge in [-0.05, 0) is 53.9 Å². The van der Waals surface area contributed by atoms with Gasteiger partial charge >= 0.3 is 5.97 Å². The molecule has 0 bridgehead atoms. The van der Waals surface area contributed by atoms with E-state index in [9.17, 15) is 4.79 Å². The molecule has 0 spiro atoms. The van der Waals surface area contributed by atoms with Gasteiger partial charge in [-0.25, -0.2) is 0 Å². The topological polar surface area (TPSA) is 58.6 Å².